The Hall–Kier alpha value is -1.30. The lowest BCUT2D eigenvalue weighted by molar-refractivity contribution is -0.150. The maximum atomic E-state index is 12.0. The first-order chi connectivity index (χ1) is 9.49. The standard InChI is InChI=1S/C14H26N2O4/c1-3-4-9-20-10-7-15-13(19)16-8-5-6-14(2,11-16)12(17)18/h3-11H2,1-2H3,(H,15,19)(H,17,18). The number of carboxylic acids is 1. The van der Waals surface area contributed by atoms with Crippen LogP contribution in [0.4, 0.5) is 4.79 Å². The molecular weight excluding hydrogens is 260 g/mol. The fourth-order valence-electron chi connectivity index (χ4n) is 2.28. The van der Waals surface area contributed by atoms with E-state index in [0.29, 0.717) is 32.7 Å². The molecule has 1 aliphatic heterocycles. The van der Waals surface area contributed by atoms with Crippen LogP contribution in [0.2, 0.25) is 0 Å². The molecule has 0 saturated carbocycles. The number of carboxylic acid groups (broad SMARTS) is 1. The van der Waals surface area contributed by atoms with Crippen molar-refractivity contribution in [2.24, 2.45) is 5.41 Å². The smallest absolute Gasteiger partial charge is 0.317 e. The van der Waals surface area contributed by atoms with Gasteiger partial charge in [-0.25, -0.2) is 4.79 Å². The Kier molecular flexibility index (Phi) is 6.78. The van der Waals surface area contributed by atoms with Gasteiger partial charge in [-0.2, -0.15) is 0 Å². The Bertz CT molecular complexity index is 335. The third kappa shape index (κ3) is 5.00. The second-order valence-corrected chi connectivity index (χ2v) is 5.59. The van der Waals surface area contributed by atoms with E-state index in [1.165, 1.54) is 0 Å². The van der Waals surface area contributed by atoms with E-state index < -0.39 is 11.4 Å². The summed E-state index contributed by atoms with van der Waals surface area (Å²) in [6.45, 7) is 6.35. The number of unbranched alkanes of at least 4 members (excludes halogenated alkanes) is 1. The number of amides is 2. The summed E-state index contributed by atoms with van der Waals surface area (Å²) in [5.41, 5.74) is -0.826. The minimum atomic E-state index is -0.835. The molecule has 0 bridgehead atoms. The molecule has 0 aromatic heterocycles. The van der Waals surface area contributed by atoms with Gasteiger partial charge in [-0.3, -0.25) is 4.79 Å². The van der Waals surface area contributed by atoms with Crippen molar-refractivity contribution < 1.29 is 19.4 Å². The fourth-order valence-corrected chi connectivity index (χ4v) is 2.28. The predicted octanol–water partition coefficient (Wildman–Crippen LogP) is 1.70. The Morgan fingerprint density at radius 1 is 1.40 bits per heavy atom. The highest BCUT2D eigenvalue weighted by Crippen LogP contribution is 2.29. The van der Waals surface area contributed by atoms with E-state index in [0.717, 1.165) is 19.3 Å². The number of likely N-dealkylation sites (tertiary alicyclic amines) is 1. The van der Waals surface area contributed by atoms with Crippen LogP contribution in [-0.4, -0.2) is 54.9 Å². The molecular formula is C14H26N2O4. The summed E-state index contributed by atoms with van der Waals surface area (Å²) >= 11 is 0. The number of carbonyl (C=O) groups excluding carboxylic acids is 1. The number of carbonyl (C=O) groups is 2. The molecule has 1 aliphatic rings. The highest BCUT2D eigenvalue weighted by atomic mass is 16.5. The summed E-state index contributed by atoms with van der Waals surface area (Å²) in [6.07, 6.45) is 3.46. The number of piperidine rings is 1. The highest BCUT2D eigenvalue weighted by Gasteiger charge is 2.39. The number of hydrogen-bond donors (Lipinski definition) is 2. The predicted molar refractivity (Wildman–Crippen MR) is 75.7 cm³/mol. The van der Waals surface area contributed by atoms with E-state index in [1.54, 1.807) is 11.8 Å². The van der Waals surface area contributed by atoms with Crippen LogP contribution in [-0.2, 0) is 9.53 Å². The highest BCUT2D eigenvalue weighted by molar-refractivity contribution is 5.78. The maximum absolute atomic E-state index is 12.0. The quantitative estimate of drug-likeness (QED) is 0.698. The lowest BCUT2D eigenvalue weighted by Gasteiger charge is -2.37. The average molecular weight is 286 g/mol. The van der Waals surface area contributed by atoms with Crippen LogP contribution < -0.4 is 5.32 Å². The van der Waals surface area contributed by atoms with Crippen molar-refractivity contribution in [3.05, 3.63) is 0 Å². The molecule has 1 unspecified atom stereocenters. The molecule has 2 amide bonds. The molecule has 2 N–H and O–H groups in total. The van der Waals surface area contributed by atoms with Crippen LogP contribution in [0.5, 0.6) is 0 Å². The SMILES string of the molecule is CCCCOCCNC(=O)N1CCCC(C)(C(=O)O)C1. The Labute approximate surface area is 120 Å². The van der Waals surface area contributed by atoms with Gasteiger partial charge in [-0.05, 0) is 26.2 Å². The van der Waals surface area contributed by atoms with E-state index >= 15 is 0 Å². The minimum Gasteiger partial charge on any atom is -0.481 e. The summed E-state index contributed by atoms with van der Waals surface area (Å²) in [5, 5.41) is 12.0. The molecule has 6 nitrogen and oxygen atoms in total. The van der Waals surface area contributed by atoms with Gasteiger partial charge in [0.2, 0.25) is 0 Å². The first-order valence-corrected chi connectivity index (χ1v) is 7.33. The number of hydrogen-bond acceptors (Lipinski definition) is 3. The molecule has 1 fully saturated rings. The zero-order valence-corrected chi connectivity index (χ0v) is 12.5. The topological polar surface area (TPSA) is 78.9 Å². The van der Waals surface area contributed by atoms with Gasteiger partial charge in [0.05, 0.1) is 12.0 Å². The van der Waals surface area contributed by atoms with E-state index in [4.69, 9.17) is 4.74 Å². The van der Waals surface area contributed by atoms with E-state index in [1.807, 2.05) is 0 Å². The van der Waals surface area contributed by atoms with Crippen LogP contribution in [0.1, 0.15) is 39.5 Å². The van der Waals surface area contributed by atoms with Gasteiger partial charge < -0.3 is 20.1 Å². The van der Waals surface area contributed by atoms with Crippen LogP contribution in [0.25, 0.3) is 0 Å². The molecule has 1 atom stereocenters. The molecule has 20 heavy (non-hydrogen) atoms. The zero-order chi connectivity index (χ0) is 15.0. The van der Waals surface area contributed by atoms with Crippen molar-refractivity contribution >= 4 is 12.0 Å². The Balaban J connectivity index is 2.27. The van der Waals surface area contributed by atoms with E-state index in [2.05, 4.69) is 12.2 Å². The molecule has 0 spiro atoms. The van der Waals surface area contributed by atoms with Crippen molar-refractivity contribution in [3.63, 3.8) is 0 Å². The minimum absolute atomic E-state index is 0.198. The largest absolute Gasteiger partial charge is 0.481 e. The van der Waals surface area contributed by atoms with Gasteiger partial charge in [0.15, 0.2) is 0 Å². The number of nitrogens with zero attached hydrogens (tertiary/aromatic N) is 1. The summed E-state index contributed by atoms with van der Waals surface area (Å²) in [5.74, 6) is -0.835. The number of ether oxygens (including phenoxy) is 1. The lowest BCUT2D eigenvalue weighted by atomic mass is 9.82. The summed E-state index contributed by atoms with van der Waals surface area (Å²) in [7, 11) is 0. The molecule has 0 aliphatic carbocycles. The maximum Gasteiger partial charge on any atom is 0.317 e. The number of nitrogens with one attached hydrogen (secondary N) is 1. The summed E-state index contributed by atoms with van der Waals surface area (Å²) in [6, 6.07) is -0.198. The molecule has 1 saturated heterocycles. The molecule has 1 rings (SSSR count). The Morgan fingerprint density at radius 3 is 2.80 bits per heavy atom. The summed E-state index contributed by atoms with van der Waals surface area (Å²) < 4.78 is 5.36. The third-order valence-corrected chi connectivity index (χ3v) is 3.66. The van der Waals surface area contributed by atoms with Crippen molar-refractivity contribution in [3.8, 4) is 0 Å². The van der Waals surface area contributed by atoms with Gasteiger partial charge in [0.1, 0.15) is 0 Å². The second-order valence-electron chi connectivity index (χ2n) is 5.59. The lowest BCUT2D eigenvalue weighted by Crippen LogP contribution is -2.51. The molecule has 0 radical (unpaired) electrons. The van der Waals surface area contributed by atoms with E-state index in [9.17, 15) is 14.7 Å². The fraction of sp³-hybridized carbons (Fsp3) is 0.857. The van der Waals surface area contributed by atoms with Crippen LogP contribution in [0.15, 0.2) is 0 Å². The molecule has 1 heterocycles. The van der Waals surface area contributed by atoms with Gasteiger partial charge in [-0.1, -0.05) is 13.3 Å². The average Bonchev–Trinajstić information content (AvgIpc) is 2.42. The van der Waals surface area contributed by atoms with Crippen molar-refractivity contribution in [2.75, 3.05) is 32.8 Å². The van der Waals surface area contributed by atoms with Gasteiger partial charge in [-0.15, -0.1) is 0 Å². The Morgan fingerprint density at radius 2 is 2.15 bits per heavy atom. The zero-order valence-electron chi connectivity index (χ0n) is 12.5. The second kappa shape index (κ2) is 8.09. The first-order valence-electron chi connectivity index (χ1n) is 7.33. The van der Waals surface area contributed by atoms with Crippen molar-refractivity contribution in [1.29, 1.82) is 0 Å². The first kappa shape index (κ1) is 16.8. The summed E-state index contributed by atoms with van der Waals surface area (Å²) in [4.78, 5) is 24.8. The molecule has 0 aromatic carbocycles. The van der Waals surface area contributed by atoms with Crippen molar-refractivity contribution in [2.45, 2.75) is 39.5 Å². The van der Waals surface area contributed by atoms with Gasteiger partial charge in [0.25, 0.3) is 0 Å². The van der Waals surface area contributed by atoms with Gasteiger partial charge in [0, 0.05) is 26.2 Å². The normalized spacial score (nSPS) is 22.6. The van der Waals surface area contributed by atoms with Crippen LogP contribution in [0, 0.1) is 5.41 Å². The van der Waals surface area contributed by atoms with Gasteiger partial charge >= 0.3 is 12.0 Å². The number of urea groups is 1. The molecule has 0 aromatic rings. The monoisotopic (exact) mass is 286 g/mol. The van der Waals surface area contributed by atoms with Crippen LogP contribution in [0.3, 0.4) is 0 Å². The third-order valence-electron chi connectivity index (χ3n) is 3.66. The van der Waals surface area contributed by atoms with E-state index in [-0.39, 0.29) is 12.6 Å². The number of rotatable bonds is 7. The van der Waals surface area contributed by atoms with Crippen LogP contribution >= 0.6 is 0 Å². The number of aliphatic carboxylic acids is 1. The van der Waals surface area contributed by atoms with Crippen molar-refractivity contribution in [1.82, 2.24) is 10.2 Å². The molecule has 6 heteroatoms. The molecule has 116 valence electrons.